The smallest absolute Gasteiger partial charge is 0.192 e. The maximum atomic E-state index is 9.64. The minimum Gasteiger partial charge on any atom is -0.414 e. The molecule has 0 saturated carbocycles. The first-order valence-corrected chi connectivity index (χ1v) is 10.5. The summed E-state index contributed by atoms with van der Waals surface area (Å²) < 4.78 is 12.6. The van der Waals surface area contributed by atoms with Crippen LogP contribution in [0.5, 0.6) is 0 Å². The van der Waals surface area contributed by atoms with E-state index in [1.165, 1.54) is 0 Å². The topological polar surface area (TPSA) is 38.7 Å². The molecule has 1 N–H and O–H groups in total. The SMILES string of the molecule is C[C@H]1C[C@H]2C[C@H](CO)[C@]1(CO[Si](C)(C)C(C)(C)C)O2. The Labute approximate surface area is 118 Å². The molecule has 4 heteroatoms. The molecule has 0 amide bonds. The molecule has 2 heterocycles. The van der Waals surface area contributed by atoms with Crippen molar-refractivity contribution in [3.05, 3.63) is 0 Å². The molecule has 19 heavy (non-hydrogen) atoms. The molecule has 4 atom stereocenters. The van der Waals surface area contributed by atoms with Crippen LogP contribution < -0.4 is 0 Å². The molecule has 0 aromatic rings. The number of ether oxygens (including phenoxy) is 1. The molecule has 2 saturated heterocycles. The van der Waals surface area contributed by atoms with E-state index in [2.05, 4.69) is 40.8 Å². The van der Waals surface area contributed by atoms with E-state index in [0.29, 0.717) is 18.6 Å². The molecular weight excluding hydrogens is 256 g/mol. The summed E-state index contributed by atoms with van der Waals surface area (Å²) >= 11 is 0. The van der Waals surface area contributed by atoms with E-state index in [4.69, 9.17) is 9.16 Å². The van der Waals surface area contributed by atoms with E-state index >= 15 is 0 Å². The van der Waals surface area contributed by atoms with E-state index in [1.807, 2.05) is 0 Å². The fourth-order valence-corrected chi connectivity index (χ4v) is 4.28. The third-order valence-electron chi connectivity index (χ3n) is 5.76. The Kier molecular flexibility index (Phi) is 3.94. The molecule has 2 fully saturated rings. The van der Waals surface area contributed by atoms with Crippen LogP contribution in [0.2, 0.25) is 18.1 Å². The fraction of sp³-hybridized carbons (Fsp3) is 1.00. The van der Waals surface area contributed by atoms with Gasteiger partial charge in [0, 0.05) is 12.5 Å². The molecule has 0 aromatic carbocycles. The second-order valence-electron chi connectivity index (χ2n) is 8.00. The summed E-state index contributed by atoms with van der Waals surface area (Å²) in [6.45, 7) is 14.5. The maximum Gasteiger partial charge on any atom is 0.192 e. The minimum atomic E-state index is -1.75. The van der Waals surface area contributed by atoms with Crippen molar-refractivity contribution in [2.75, 3.05) is 13.2 Å². The van der Waals surface area contributed by atoms with Crippen LogP contribution in [-0.2, 0) is 9.16 Å². The monoisotopic (exact) mass is 286 g/mol. The molecule has 2 aliphatic rings. The van der Waals surface area contributed by atoms with Gasteiger partial charge in [0.1, 0.15) is 0 Å². The first-order chi connectivity index (χ1) is 8.62. The van der Waals surface area contributed by atoms with Crippen molar-refractivity contribution in [2.24, 2.45) is 11.8 Å². The number of rotatable bonds is 4. The van der Waals surface area contributed by atoms with Gasteiger partial charge in [-0.3, -0.25) is 0 Å². The van der Waals surface area contributed by atoms with E-state index in [9.17, 15) is 5.11 Å². The summed E-state index contributed by atoms with van der Waals surface area (Å²) in [4.78, 5) is 0. The van der Waals surface area contributed by atoms with Crippen molar-refractivity contribution in [1.29, 1.82) is 0 Å². The summed E-state index contributed by atoms with van der Waals surface area (Å²) in [6.07, 6.45) is 2.47. The number of aliphatic hydroxyl groups is 1. The molecule has 0 unspecified atom stereocenters. The second-order valence-corrected chi connectivity index (χ2v) is 12.8. The molecule has 112 valence electrons. The zero-order chi connectivity index (χ0) is 14.5. The Bertz CT molecular complexity index is 337. The summed E-state index contributed by atoms with van der Waals surface area (Å²) in [5.74, 6) is 0.749. The standard InChI is InChI=1S/C15H30O3Si/c1-11-7-13-8-12(9-16)15(11,18-13)10-17-19(5,6)14(2,3)4/h11-13,16H,7-10H2,1-6H3/t11-,12+,13-,15+/m0/s1. The maximum absolute atomic E-state index is 9.64. The van der Waals surface area contributed by atoms with Gasteiger partial charge in [0.05, 0.1) is 18.3 Å². The Morgan fingerprint density at radius 1 is 1.32 bits per heavy atom. The van der Waals surface area contributed by atoms with Crippen molar-refractivity contribution in [1.82, 2.24) is 0 Å². The Balaban J connectivity index is 2.09. The van der Waals surface area contributed by atoms with Crippen molar-refractivity contribution in [2.45, 2.75) is 70.4 Å². The van der Waals surface area contributed by atoms with Gasteiger partial charge in [-0.2, -0.15) is 0 Å². The normalized spacial score (nSPS) is 39.0. The van der Waals surface area contributed by atoms with E-state index < -0.39 is 8.32 Å². The average Bonchev–Trinajstić information content (AvgIpc) is 2.78. The first-order valence-electron chi connectivity index (χ1n) is 7.55. The highest BCUT2D eigenvalue weighted by Crippen LogP contribution is 2.52. The largest absolute Gasteiger partial charge is 0.414 e. The summed E-state index contributed by atoms with van der Waals surface area (Å²) in [5, 5.41) is 9.86. The molecule has 3 nitrogen and oxygen atoms in total. The molecule has 2 aliphatic heterocycles. The number of hydrogen-bond donors (Lipinski definition) is 1. The van der Waals surface area contributed by atoms with Crippen LogP contribution >= 0.6 is 0 Å². The van der Waals surface area contributed by atoms with E-state index in [1.54, 1.807) is 0 Å². The molecular formula is C15H30O3Si. The Morgan fingerprint density at radius 3 is 2.42 bits per heavy atom. The van der Waals surface area contributed by atoms with Crippen molar-refractivity contribution in [3.63, 3.8) is 0 Å². The second kappa shape index (κ2) is 4.83. The van der Waals surface area contributed by atoms with Crippen molar-refractivity contribution >= 4 is 8.32 Å². The van der Waals surface area contributed by atoms with E-state index in [0.717, 1.165) is 12.8 Å². The predicted octanol–water partition coefficient (Wildman–Crippen LogP) is 3.18. The van der Waals surface area contributed by atoms with Crippen LogP contribution in [0.3, 0.4) is 0 Å². The van der Waals surface area contributed by atoms with Gasteiger partial charge in [-0.05, 0) is 36.9 Å². The van der Waals surface area contributed by atoms with Crippen LogP contribution in [-0.4, -0.2) is 38.3 Å². The molecule has 0 aliphatic carbocycles. The Morgan fingerprint density at radius 2 is 1.95 bits per heavy atom. The van der Waals surface area contributed by atoms with E-state index in [-0.39, 0.29) is 23.2 Å². The van der Waals surface area contributed by atoms with Gasteiger partial charge in [-0.15, -0.1) is 0 Å². The summed E-state index contributed by atoms with van der Waals surface area (Å²) in [6, 6.07) is 0. The van der Waals surface area contributed by atoms with Crippen LogP contribution in [0.25, 0.3) is 0 Å². The molecule has 0 radical (unpaired) electrons. The van der Waals surface area contributed by atoms with Crippen LogP contribution in [0.1, 0.15) is 40.5 Å². The van der Waals surface area contributed by atoms with Crippen LogP contribution in [0.4, 0.5) is 0 Å². The summed E-state index contributed by atoms with van der Waals surface area (Å²) in [7, 11) is -1.75. The number of fused-ring (bicyclic) bond motifs is 2. The zero-order valence-corrected chi connectivity index (χ0v) is 14.3. The van der Waals surface area contributed by atoms with Crippen LogP contribution in [0.15, 0.2) is 0 Å². The van der Waals surface area contributed by atoms with Gasteiger partial charge in [0.2, 0.25) is 0 Å². The predicted molar refractivity (Wildman–Crippen MR) is 79.7 cm³/mol. The van der Waals surface area contributed by atoms with Crippen molar-refractivity contribution < 1.29 is 14.3 Å². The fourth-order valence-electron chi connectivity index (χ4n) is 3.26. The molecule has 0 aromatic heterocycles. The third-order valence-corrected chi connectivity index (χ3v) is 10.2. The van der Waals surface area contributed by atoms with Gasteiger partial charge in [-0.25, -0.2) is 0 Å². The molecule has 0 spiro atoms. The lowest BCUT2D eigenvalue weighted by Gasteiger charge is -2.42. The lowest BCUT2D eigenvalue weighted by Crippen LogP contribution is -2.51. The minimum absolute atomic E-state index is 0.220. The average molecular weight is 286 g/mol. The van der Waals surface area contributed by atoms with Gasteiger partial charge in [0.15, 0.2) is 8.32 Å². The zero-order valence-electron chi connectivity index (χ0n) is 13.3. The highest BCUT2D eigenvalue weighted by molar-refractivity contribution is 6.74. The van der Waals surface area contributed by atoms with Gasteiger partial charge >= 0.3 is 0 Å². The third kappa shape index (κ3) is 2.52. The van der Waals surface area contributed by atoms with Gasteiger partial charge in [-0.1, -0.05) is 27.7 Å². The number of hydrogen-bond acceptors (Lipinski definition) is 3. The lowest BCUT2D eigenvalue weighted by atomic mass is 9.73. The number of aliphatic hydroxyl groups excluding tert-OH is 1. The molecule has 2 rings (SSSR count). The quantitative estimate of drug-likeness (QED) is 0.807. The van der Waals surface area contributed by atoms with Crippen molar-refractivity contribution in [3.8, 4) is 0 Å². The lowest BCUT2D eigenvalue weighted by molar-refractivity contribution is -0.0747. The highest BCUT2D eigenvalue weighted by atomic mass is 28.4. The first kappa shape index (κ1) is 15.5. The van der Waals surface area contributed by atoms with Gasteiger partial charge < -0.3 is 14.3 Å². The summed E-state index contributed by atoms with van der Waals surface area (Å²) in [5.41, 5.74) is -0.227. The Hall–Kier alpha value is 0.0969. The van der Waals surface area contributed by atoms with Gasteiger partial charge in [0.25, 0.3) is 0 Å². The molecule has 2 bridgehead atoms. The van der Waals surface area contributed by atoms with Crippen LogP contribution in [0, 0.1) is 11.8 Å². The highest BCUT2D eigenvalue weighted by Gasteiger charge is 2.58.